The Hall–Kier alpha value is -3.81. The van der Waals surface area contributed by atoms with E-state index in [4.69, 9.17) is 14.2 Å². The number of nitrogens with zero attached hydrogens (tertiary/aromatic N) is 2. The van der Waals surface area contributed by atoms with Gasteiger partial charge in [-0.05, 0) is 43.2 Å². The zero-order chi connectivity index (χ0) is 23.5. The Labute approximate surface area is 193 Å². The van der Waals surface area contributed by atoms with Gasteiger partial charge < -0.3 is 19.5 Å². The minimum atomic E-state index is -0.434. The van der Waals surface area contributed by atoms with Crippen LogP contribution in [0.3, 0.4) is 0 Å². The smallest absolute Gasteiger partial charge is 0.276 e. The molecule has 1 N–H and O–H groups in total. The second-order valence-corrected chi connectivity index (χ2v) is 7.25. The first kappa shape index (κ1) is 23.8. The van der Waals surface area contributed by atoms with Crippen molar-refractivity contribution in [2.24, 2.45) is 0 Å². The summed E-state index contributed by atoms with van der Waals surface area (Å²) in [4.78, 5) is 24.9. The van der Waals surface area contributed by atoms with Crippen molar-refractivity contribution in [1.29, 1.82) is 0 Å². The third kappa shape index (κ3) is 7.10. The monoisotopic (exact) mass is 451 g/mol. The Kier molecular flexibility index (Phi) is 8.88. The van der Waals surface area contributed by atoms with Gasteiger partial charge in [-0.1, -0.05) is 32.0 Å². The van der Waals surface area contributed by atoms with Crippen LogP contribution in [0.25, 0.3) is 0 Å². The van der Waals surface area contributed by atoms with Crippen LogP contribution in [0.4, 0.5) is 5.69 Å². The van der Waals surface area contributed by atoms with Crippen molar-refractivity contribution < 1.29 is 19.0 Å². The van der Waals surface area contributed by atoms with Crippen molar-refractivity contribution in [2.75, 3.05) is 25.1 Å². The molecule has 0 fully saturated rings. The van der Waals surface area contributed by atoms with E-state index in [0.29, 0.717) is 36.1 Å². The van der Waals surface area contributed by atoms with Crippen LogP contribution in [0.15, 0.2) is 65.5 Å². The summed E-state index contributed by atoms with van der Waals surface area (Å²) < 4.78 is 18.3. The van der Waals surface area contributed by atoms with Crippen molar-refractivity contribution in [3.05, 3.63) is 76.7 Å². The Balaban J connectivity index is 1.67. The van der Waals surface area contributed by atoms with Crippen LogP contribution in [0, 0.1) is 0 Å². The molecule has 0 atom stereocenters. The first-order valence-electron chi connectivity index (χ1n) is 11.1. The lowest BCUT2D eigenvalue weighted by atomic mass is 10.2. The largest absolute Gasteiger partial charge is 0.492 e. The van der Waals surface area contributed by atoms with Gasteiger partial charge in [0.2, 0.25) is 0 Å². The van der Waals surface area contributed by atoms with E-state index in [1.165, 1.54) is 16.8 Å². The van der Waals surface area contributed by atoms with Crippen molar-refractivity contribution in [1.82, 2.24) is 9.78 Å². The lowest BCUT2D eigenvalue weighted by Crippen LogP contribution is -2.28. The molecule has 1 aromatic heterocycles. The van der Waals surface area contributed by atoms with Crippen molar-refractivity contribution in [2.45, 2.75) is 33.2 Å². The van der Waals surface area contributed by atoms with E-state index in [9.17, 15) is 9.59 Å². The van der Waals surface area contributed by atoms with Crippen LogP contribution in [0.5, 0.6) is 17.2 Å². The summed E-state index contributed by atoms with van der Waals surface area (Å²) in [6, 6.07) is 17.2. The van der Waals surface area contributed by atoms with Gasteiger partial charge >= 0.3 is 0 Å². The van der Waals surface area contributed by atoms with E-state index in [-0.39, 0.29) is 24.4 Å². The molecule has 8 nitrogen and oxygen atoms in total. The molecule has 0 aliphatic carbocycles. The lowest BCUT2D eigenvalue weighted by molar-refractivity contribution is 0.101. The van der Waals surface area contributed by atoms with Gasteiger partial charge in [-0.25, -0.2) is 4.68 Å². The number of benzene rings is 2. The first-order chi connectivity index (χ1) is 16.1. The van der Waals surface area contributed by atoms with E-state index in [2.05, 4.69) is 10.4 Å². The predicted molar refractivity (Wildman–Crippen MR) is 126 cm³/mol. The van der Waals surface area contributed by atoms with Crippen molar-refractivity contribution in [3.8, 4) is 17.2 Å². The molecule has 0 radical (unpaired) electrons. The number of para-hydroxylation sites is 1. The summed E-state index contributed by atoms with van der Waals surface area (Å²) in [5, 5.41) is 6.99. The summed E-state index contributed by atoms with van der Waals surface area (Å²) in [5.74, 6) is 1.47. The average molecular weight is 452 g/mol. The minimum Gasteiger partial charge on any atom is -0.492 e. The van der Waals surface area contributed by atoms with Crippen LogP contribution in [-0.2, 0) is 6.54 Å². The van der Waals surface area contributed by atoms with Gasteiger partial charge in [-0.3, -0.25) is 9.59 Å². The number of anilines is 1. The highest BCUT2D eigenvalue weighted by molar-refractivity contribution is 6.02. The van der Waals surface area contributed by atoms with Gasteiger partial charge in [-0.15, -0.1) is 0 Å². The third-order valence-electron chi connectivity index (χ3n) is 4.54. The van der Waals surface area contributed by atoms with E-state index in [0.717, 1.165) is 12.8 Å². The molecule has 174 valence electrons. The molecule has 33 heavy (non-hydrogen) atoms. The molecule has 1 amide bonds. The number of hydrogen-bond acceptors (Lipinski definition) is 6. The second kappa shape index (κ2) is 12.3. The Morgan fingerprint density at radius 3 is 2.33 bits per heavy atom. The number of aromatic nitrogens is 2. The maximum atomic E-state index is 12.8. The summed E-state index contributed by atoms with van der Waals surface area (Å²) in [7, 11) is 0. The van der Waals surface area contributed by atoms with Crippen LogP contribution >= 0.6 is 0 Å². The van der Waals surface area contributed by atoms with Gasteiger partial charge in [-0.2, -0.15) is 5.10 Å². The van der Waals surface area contributed by atoms with Gasteiger partial charge in [0.15, 0.2) is 11.5 Å². The van der Waals surface area contributed by atoms with Gasteiger partial charge in [0.1, 0.15) is 18.1 Å². The molecule has 0 aliphatic rings. The maximum absolute atomic E-state index is 12.8. The van der Waals surface area contributed by atoms with Crippen LogP contribution in [-0.4, -0.2) is 35.5 Å². The number of amides is 1. The van der Waals surface area contributed by atoms with Crippen molar-refractivity contribution in [3.63, 3.8) is 0 Å². The lowest BCUT2D eigenvalue weighted by Gasteiger charge is -2.14. The average Bonchev–Trinajstić information content (AvgIpc) is 2.84. The fraction of sp³-hybridized carbons (Fsp3) is 0.320. The molecule has 0 spiro atoms. The van der Waals surface area contributed by atoms with Gasteiger partial charge in [0.25, 0.3) is 11.5 Å². The molecular weight excluding hydrogens is 422 g/mol. The normalized spacial score (nSPS) is 10.5. The van der Waals surface area contributed by atoms with E-state index < -0.39 is 5.91 Å². The quantitative estimate of drug-likeness (QED) is 0.445. The summed E-state index contributed by atoms with van der Waals surface area (Å²) in [6.45, 7) is 5.63. The van der Waals surface area contributed by atoms with Gasteiger partial charge in [0, 0.05) is 17.8 Å². The van der Waals surface area contributed by atoms with E-state index in [1.54, 1.807) is 18.2 Å². The minimum absolute atomic E-state index is 0.122. The Morgan fingerprint density at radius 1 is 0.879 bits per heavy atom. The number of carbonyl (C=O) groups excluding carboxylic acids is 1. The molecule has 0 aliphatic heterocycles. The molecule has 0 bridgehead atoms. The van der Waals surface area contributed by atoms with Crippen LogP contribution in [0.1, 0.15) is 37.2 Å². The fourth-order valence-corrected chi connectivity index (χ4v) is 2.93. The molecule has 3 rings (SSSR count). The summed E-state index contributed by atoms with van der Waals surface area (Å²) >= 11 is 0. The topological polar surface area (TPSA) is 91.7 Å². The number of hydrogen-bond donors (Lipinski definition) is 1. The fourth-order valence-electron chi connectivity index (χ4n) is 2.93. The molecule has 0 saturated heterocycles. The first-order valence-corrected chi connectivity index (χ1v) is 11.1. The maximum Gasteiger partial charge on any atom is 0.276 e. The number of carbonyl (C=O) groups is 1. The van der Waals surface area contributed by atoms with E-state index in [1.807, 2.05) is 44.2 Å². The van der Waals surface area contributed by atoms with Crippen LogP contribution in [0.2, 0.25) is 0 Å². The third-order valence-corrected chi connectivity index (χ3v) is 4.54. The molecule has 0 saturated carbocycles. The van der Waals surface area contributed by atoms with Crippen LogP contribution < -0.4 is 25.1 Å². The molecule has 2 aromatic carbocycles. The van der Waals surface area contributed by atoms with E-state index >= 15 is 0 Å². The molecular formula is C25H29N3O5. The number of nitrogens with one attached hydrogen (secondary N) is 1. The predicted octanol–water partition coefficient (Wildman–Crippen LogP) is 4.15. The Morgan fingerprint density at radius 2 is 1.61 bits per heavy atom. The van der Waals surface area contributed by atoms with Crippen molar-refractivity contribution >= 4 is 11.6 Å². The second-order valence-electron chi connectivity index (χ2n) is 7.25. The van der Waals surface area contributed by atoms with Gasteiger partial charge in [0.05, 0.1) is 19.8 Å². The molecule has 1 heterocycles. The zero-order valence-electron chi connectivity index (χ0n) is 19.0. The highest BCUT2D eigenvalue weighted by atomic mass is 16.5. The number of rotatable bonds is 12. The SMILES string of the molecule is CCCOc1ccc(NC(=O)c2ccc(=O)n(CCOc3ccccc3)n2)cc1OCCC. The number of ether oxygens (including phenoxy) is 3. The standard InChI is InChI=1S/C25H29N3O5/c1-3-15-32-22-12-10-19(18-23(22)33-16-4-2)26-25(30)21-11-13-24(29)28(27-21)14-17-31-20-8-6-5-7-9-20/h5-13,18H,3-4,14-17H2,1-2H3,(H,26,30). The highest BCUT2D eigenvalue weighted by Gasteiger charge is 2.13. The Bertz CT molecular complexity index is 1100. The molecule has 8 heteroatoms. The zero-order valence-corrected chi connectivity index (χ0v) is 19.0. The molecule has 0 unspecified atom stereocenters. The summed E-state index contributed by atoms with van der Waals surface area (Å²) in [6.07, 6.45) is 1.73. The summed E-state index contributed by atoms with van der Waals surface area (Å²) in [5.41, 5.74) is 0.356. The highest BCUT2D eigenvalue weighted by Crippen LogP contribution is 2.31. The molecule has 3 aromatic rings.